The van der Waals surface area contributed by atoms with Gasteiger partial charge < -0.3 is 15.0 Å². The van der Waals surface area contributed by atoms with Gasteiger partial charge in [0.15, 0.2) is 0 Å². The molecular weight excluding hydrogens is 216 g/mol. The molecule has 0 bridgehead atoms. The lowest BCUT2D eigenvalue weighted by atomic mass is 10.2. The molecule has 0 saturated carbocycles. The number of methoxy groups -OCH3 is 1. The second-order valence-corrected chi connectivity index (χ2v) is 3.61. The number of rotatable bonds is 4. The Morgan fingerprint density at radius 3 is 2.65 bits per heavy atom. The molecule has 1 aromatic carbocycles. The van der Waals surface area contributed by atoms with Gasteiger partial charge in [-0.1, -0.05) is 0 Å². The van der Waals surface area contributed by atoms with E-state index in [4.69, 9.17) is 4.74 Å². The average Bonchev–Trinajstić information content (AvgIpc) is 2.89. The van der Waals surface area contributed by atoms with E-state index in [0.717, 1.165) is 11.4 Å². The minimum absolute atomic E-state index is 0.0951. The molecule has 4 nitrogen and oxygen atoms in total. The fraction of sp³-hybridized carbons (Fsp3) is 0.154. The van der Waals surface area contributed by atoms with Crippen LogP contribution in [0.5, 0.6) is 5.75 Å². The molecule has 0 unspecified atom stereocenters. The maximum Gasteiger partial charge on any atom is 0.251 e. The molecule has 0 aliphatic carbocycles. The normalized spacial score (nSPS) is 9.94. The summed E-state index contributed by atoms with van der Waals surface area (Å²) in [7, 11) is 1.60. The zero-order valence-electron chi connectivity index (χ0n) is 9.57. The number of aromatic amines is 1. The topological polar surface area (TPSA) is 54.1 Å². The molecule has 0 radical (unpaired) electrons. The standard InChI is InChI=1S/C13H14N2O2/c1-17-12-6-4-10(5-7-12)13(16)15-9-11-3-2-8-14-11/h2-8,14H,9H2,1H3,(H,15,16). The Labute approximate surface area is 99.6 Å². The van der Waals surface area contributed by atoms with Gasteiger partial charge in [0.2, 0.25) is 0 Å². The maximum absolute atomic E-state index is 11.8. The van der Waals surface area contributed by atoms with Crippen LogP contribution in [0, 0.1) is 0 Å². The summed E-state index contributed by atoms with van der Waals surface area (Å²) >= 11 is 0. The van der Waals surface area contributed by atoms with Crippen molar-refractivity contribution in [2.24, 2.45) is 0 Å². The summed E-state index contributed by atoms with van der Waals surface area (Å²) in [6.45, 7) is 0.498. The van der Waals surface area contributed by atoms with Crippen LogP contribution in [0.4, 0.5) is 0 Å². The number of carbonyl (C=O) groups is 1. The Hall–Kier alpha value is -2.23. The van der Waals surface area contributed by atoms with Crippen LogP contribution in [-0.4, -0.2) is 18.0 Å². The number of amides is 1. The second kappa shape index (κ2) is 5.21. The van der Waals surface area contributed by atoms with Crippen molar-refractivity contribution in [2.45, 2.75) is 6.54 Å². The van der Waals surface area contributed by atoms with Gasteiger partial charge in [-0.05, 0) is 36.4 Å². The third-order valence-electron chi connectivity index (χ3n) is 2.45. The molecule has 88 valence electrons. The summed E-state index contributed by atoms with van der Waals surface area (Å²) in [4.78, 5) is 14.8. The minimum Gasteiger partial charge on any atom is -0.497 e. The number of H-pyrrole nitrogens is 1. The number of carbonyl (C=O) groups excluding carboxylic acids is 1. The monoisotopic (exact) mass is 230 g/mol. The van der Waals surface area contributed by atoms with Gasteiger partial charge in [-0.15, -0.1) is 0 Å². The van der Waals surface area contributed by atoms with Crippen LogP contribution in [0.15, 0.2) is 42.6 Å². The lowest BCUT2D eigenvalue weighted by Crippen LogP contribution is -2.22. The van der Waals surface area contributed by atoms with Crippen molar-refractivity contribution in [3.8, 4) is 5.75 Å². The Balaban J connectivity index is 1.95. The highest BCUT2D eigenvalue weighted by Gasteiger charge is 2.05. The summed E-state index contributed by atoms with van der Waals surface area (Å²) in [5.41, 5.74) is 1.60. The van der Waals surface area contributed by atoms with Gasteiger partial charge >= 0.3 is 0 Å². The molecule has 0 atom stereocenters. The van der Waals surface area contributed by atoms with Crippen molar-refractivity contribution in [3.05, 3.63) is 53.9 Å². The first-order valence-corrected chi connectivity index (χ1v) is 5.34. The molecule has 0 spiro atoms. The molecule has 1 heterocycles. The number of benzene rings is 1. The molecule has 2 rings (SSSR count). The summed E-state index contributed by atoms with van der Waals surface area (Å²) in [6, 6.07) is 10.8. The molecule has 2 N–H and O–H groups in total. The van der Waals surface area contributed by atoms with Gasteiger partial charge in [-0.25, -0.2) is 0 Å². The number of hydrogen-bond donors (Lipinski definition) is 2. The van der Waals surface area contributed by atoms with E-state index in [2.05, 4.69) is 10.3 Å². The molecule has 0 fully saturated rings. The van der Waals surface area contributed by atoms with Gasteiger partial charge in [-0.3, -0.25) is 4.79 Å². The van der Waals surface area contributed by atoms with Gasteiger partial charge in [0.05, 0.1) is 13.7 Å². The molecule has 2 aromatic rings. The van der Waals surface area contributed by atoms with Crippen molar-refractivity contribution in [3.63, 3.8) is 0 Å². The Morgan fingerprint density at radius 1 is 1.29 bits per heavy atom. The zero-order chi connectivity index (χ0) is 12.1. The molecule has 4 heteroatoms. The van der Waals surface area contributed by atoms with Crippen molar-refractivity contribution in [1.82, 2.24) is 10.3 Å². The van der Waals surface area contributed by atoms with Crippen LogP contribution in [0.3, 0.4) is 0 Å². The third kappa shape index (κ3) is 2.87. The summed E-state index contributed by atoms with van der Waals surface area (Å²) in [5.74, 6) is 0.646. The van der Waals surface area contributed by atoms with E-state index in [1.54, 1.807) is 31.4 Å². The van der Waals surface area contributed by atoms with Crippen LogP contribution in [0.25, 0.3) is 0 Å². The van der Waals surface area contributed by atoms with Crippen LogP contribution in [0.1, 0.15) is 16.1 Å². The average molecular weight is 230 g/mol. The highest BCUT2D eigenvalue weighted by molar-refractivity contribution is 5.94. The number of hydrogen-bond acceptors (Lipinski definition) is 2. The zero-order valence-corrected chi connectivity index (χ0v) is 9.57. The van der Waals surface area contributed by atoms with Crippen LogP contribution < -0.4 is 10.1 Å². The molecule has 17 heavy (non-hydrogen) atoms. The van der Waals surface area contributed by atoms with E-state index in [1.807, 2.05) is 18.3 Å². The smallest absolute Gasteiger partial charge is 0.251 e. The molecule has 0 saturated heterocycles. The predicted molar refractivity (Wildman–Crippen MR) is 65.0 cm³/mol. The number of aromatic nitrogens is 1. The van der Waals surface area contributed by atoms with Crippen molar-refractivity contribution >= 4 is 5.91 Å². The molecule has 1 amide bonds. The van der Waals surface area contributed by atoms with Gasteiger partial charge in [0.25, 0.3) is 5.91 Å². The molecular formula is C13H14N2O2. The Bertz CT molecular complexity index is 475. The fourth-order valence-electron chi connectivity index (χ4n) is 1.50. The minimum atomic E-state index is -0.0951. The third-order valence-corrected chi connectivity index (χ3v) is 2.45. The van der Waals surface area contributed by atoms with Crippen LogP contribution >= 0.6 is 0 Å². The van der Waals surface area contributed by atoms with E-state index in [-0.39, 0.29) is 5.91 Å². The SMILES string of the molecule is COc1ccc(C(=O)NCc2ccc[nH]2)cc1. The van der Waals surface area contributed by atoms with Crippen LogP contribution in [0.2, 0.25) is 0 Å². The summed E-state index contributed by atoms with van der Waals surface area (Å²) < 4.78 is 5.03. The Morgan fingerprint density at radius 2 is 2.06 bits per heavy atom. The molecule has 0 aliphatic heterocycles. The first kappa shape index (κ1) is 11.3. The predicted octanol–water partition coefficient (Wildman–Crippen LogP) is 1.95. The summed E-state index contributed by atoms with van der Waals surface area (Å²) in [6.07, 6.45) is 1.83. The second-order valence-electron chi connectivity index (χ2n) is 3.61. The first-order valence-electron chi connectivity index (χ1n) is 5.34. The van der Waals surface area contributed by atoms with E-state index in [1.165, 1.54) is 0 Å². The van der Waals surface area contributed by atoms with Gasteiger partial charge in [0, 0.05) is 17.5 Å². The van der Waals surface area contributed by atoms with E-state index in [0.29, 0.717) is 12.1 Å². The molecule has 1 aromatic heterocycles. The van der Waals surface area contributed by atoms with Crippen molar-refractivity contribution in [2.75, 3.05) is 7.11 Å². The van der Waals surface area contributed by atoms with E-state index in [9.17, 15) is 4.79 Å². The molecule has 0 aliphatic rings. The van der Waals surface area contributed by atoms with E-state index >= 15 is 0 Å². The van der Waals surface area contributed by atoms with Gasteiger partial charge in [-0.2, -0.15) is 0 Å². The fourth-order valence-corrected chi connectivity index (χ4v) is 1.50. The highest BCUT2D eigenvalue weighted by Crippen LogP contribution is 2.11. The highest BCUT2D eigenvalue weighted by atomic mass is 16.5. The summed E-state index contributed by atoms with van der Waals surface area (Å²) in [5, 5.41) is 2.83. The number of nitrogens with one attached hydrogen (secondary N) is 2. The number of ether oxygens (including phenoxy) is 1. The lowest BCUT2D eigenvalue weighted by molar-refractivity contribution is 0.0950. The van der Waals surface area contributed by atoms with Crippen LogP contribution in [-0.2, 0) is 6.54 Å². The Kier molecular flexibility index (Phi) is 3.45. The van der Waals surface area contributed by atoms with Crippen molar-refractivity contribution in [1.29, 1.82) is 0 Å². The first-order chi connectivity index (χ1) is 8.29. The largest absolute Gasteiger partial charge is 0.497 e. The van der Waals surface area contributed by atoms with Crippen molar-refractivity contribution < 1.29 is 9.53 Å². The quantitative estimate of drug-likeness (QED) is 0.843. The van der Waals surface area contributed by atoms with Gasteiger partial charge in [0.1, 0.15) is 5.75 Å². The maximum atomic E-state index is 11.8. The lowest BCUT2D eigenvalue weighted by Gasteiger charge is -2.05. The van der Waals surface area contributed by atoms with E-state index < -0.39 is 0 Å².